The number of carbonyl (C=O) groups is 3. The maximum Gasteiger partial charge on any atom is 0.328 e. The smallest absolute Gasteiger partial charge is 0.328 e. The minimum Gasteiger partial charge on any atom is -0.459 e. The van der Waals surface area contributed by atoms with E-state index in [1.54, 1.807) is 20.8 Å². The highest BCUT2D eigenvalue weighted by Crippen LogP contribution is 2.20. The number of aromatic amines is 1. The van der Waals surface area contributed by atoms with Gasteiger partial charge in [-0.15, -0.1) is 0 Å². The molecule has 0 saturated carbocycles. The van der Waals surface area contributed by atoms with E-state index in [4.69, 9.17) is 4.74 Å². The van der Waals surface area contributed by atoms with Crippen molar-refractivity contribution in [2.75, 3.05) is 0 Å². The summed E-state index contributed by atoms with van der Waals surface area (Å²) in [6, 6.07) is 25.2. The van der Waals surface area contributed by atoms with Gasteiger partial charge in [-0.25, -0.2) is 4.79 Å². The number of para-hydroxylation sites is 1. The molecule has 7 nitrogen and oxygen atoms in total. The van der Waals surface area contributed by atoms with E-state index in [0.717, 1.165) is 27.6 Å². The molecule has 0 saturated heterocycles. The van der Waals surface area contributed by atoms with Crippen LogP contribution >= 0.6 is 0 Å². The number of hydrogen-bond donors (Lipinski definition) is 3. The zero-order valence-electron chi connectivity index (χ0n) is 23.3. The molecular weight excluding hydrogens is 502 g/mol. The molecule has 3 N–H and O–H groups in total. The van der Waals surface area contributed by atoms with E-state index in [2.05, 4.69) is 15.6 Å². The number of nitrogens with one attached hydrogen (secondary N) is 3. The van der Waals surface area contributed by atoms with E-state index in [-0.39, 0.29) is 18.9 Å². The summed E-state index contributed by atoms with van der Waals surface area (Å²) in [5, 5.41) is 6.80. The number of rotatable bonds is 11. The first-order chi connectivity index (χ1) is 19.2. The number of fused-ring (bicyclic) bond motifs is 1. The van der Waals surface area contributed by atoms with Crippen molar-refractivity contribution in [2.24, 2.45) is 5.41 Å². The molecule has 1 aromatic heterocycles. The zero-order valence-corrected chi connectivity index (χ0v) is 23.3. The van der Waals surface area contributed by atoms with Crippen LogP contribution in [0.1, 0.15) is 43.9 Å². The lowest BCUT2D eigenvalue weighted by Gasteiger charge is -2.26. The van der Waals surface area contributed by atoms with Crippen molar-refractivity contribution in [3.63, 3.8) is 0 Å². The standard InChI is InChI=1S/C33H37N3O4/c1-33(2,3)32(39)36-29(20-25-21-34-27-17-11-10-16-26(25)27)30(37)35-28(19-18-23-12-6-4-7-13-23)31(38)40-22-24-14-8-5-9-15-24/h4-17,21,28-29,34H,18-20,22H2,1-3H3,(H,35,37)(H,36,39)/t28-,29?/m0/s1. The van der Waals surface area contributed by atoms with Gasteiger partial charge in [0.1, 0.15) is 18.7 Å². The molecule has 4 rings (SSSR count). The van der Waals surface area contributed by atoms with Crippen molar-refractivity contribution >= 4 is 28.7 Å². The fourth-order valence-electron chi connectivity index (χ4n) is 4.41. The van der Waals surface area contributed by atoms with Crippen LogP contribution in [0.4, 0.5) is 0 Å². The summed E-state index contributed by atoms with van der Waals surface area (Å²) in [5.74, 6) is -1.20. The van der Waals surface area contributed by atoms with Gasteiger partial charge in [-0.3, -0.25) is 9.59 Å². The van der Waals surface area contributed by atoms with Crippen LogP contribution in [-0.2, 0) is 38.6 Å². The number of amides is 2. The number of esters is 1. The van der Waals surface area contributed by atoms with Crippen molar-refractivity contribution < 1.29 is 19.1 Å². The molecule has 0 spiro atoms. The Bertz CT molecular complexity index is 1420. The number of hydrogen-bond acceptors (Lipinski definition) is 4. The van der Waals surface area contributed by atoms with E-state index in [0.29, 0.717) is 12.8 Å². The SMILES string of the molecule is CC(C)(C)C(=O)NC(Cc1c[nH]c2ccccc12)C(=O)N[C@@H](CCc1ccccc1)C(=O)OCc1ccccc1. The first-order valence-corrected chi connectivity index (χ1v) is 13.6. The van der Waals surface area contributed by atoms with Crippen molar-refractivity contribution in [3.05, 3.63) is 108 Å². The molecule has 2 amide bonds. The largest absolute Gasteiger partial charge is 0.459 e. The molecule has 1 heterocycles. The van der Waals surface area contributed by atoms with Gasteiger partial charge in [0.05, 0.1) is 0 Å². The monoisotopic (exact) mass is 539 g/mol. The third-order valence-electron chi connectivity index (χ3n) is 6.79. The van der Waals surface area contributed by atoms with Gasteiger partial charge in [-0.05, 0) is 35.6 Å². The van der Waals surface area contributed by atoms with Crippen LogP contribution in [0.3, 0.4) is 0 Å². The molecule has 2 atom stereocenters. The quantitative estimate of drug-likeness (QED) is 0.231. The molecule has 0 radical (unpaired) electrons. The summed E-state index contributed by atoms with van der Waals surface area (Å²) in [4.78, 5) is 43.2. The molecule has 4 aromatic rings. The average molecular weight is 540 g/mol. The Hall–Kier alpha value is -4.39. The van der Waals surface area contributed by atoms with Crippen molar-refractivity contribution in [1.29, 1.82) is 0 Å². The highest BCUT2D eigenvalue weighted by Gasteiger charge is 2.31. The molecule has 1 unspecified atom stereocenters. The van der Waals surface area contributed by atoms with E-state index in [1.165, 1.54) is 0 Å². The Morgan fingerprint density at radius 2 is 1.43 bits per heavy atom. The summed E-state index contributed by atoms with van der Waals surface area (Å²) in [6.07, 6.45) is 3.06. The van der Waals surface area contributed by atoms with Crippen LogP contribution in [-0.4, -0.2) is 34.9 Å². The maximum absolute atomic E-state index is 13.7. The van der Waals surface area contributed by atoms with Crippen LogP contribution in [0.15, 0.2) is 91.1 Å². The van der Waals surface area contributed by atoms with Crippen LogP contribution < -0.4 is 10.6 Å². The predicted octanol–water partition coefficient (Wildman–Crippen LogP) is 5.10. The molecule has 0 aliphatic rings. The molecule has 0 fully saturated rings. The van der Waals surface area contributed by atoms with E-state index < -0.39 is 29.4 Å². The number of H-pyrrole nitrogens is 1. The number of carbonyl (C=O) groups excluding carboxylic acids is 3. The lowest BCUT2D eigenvalue weighted by molar-refractivity contribution is -0.149. The Morgan fingerprint density at radius 3 is 2.10 bits per heavy atom. The lowest BCUT2D eigenvalue weighted by Crippen LogP contribution is -2.54. The second kappa shape index (κ2) is 13.1. The van der Waals surface area contributed by atoms with Gasteiger partial charge in [0.2, 0.25) is 11.8 Å². The normalized spacial score (nSPS) is 12.9. The highest BCUT2D eigenvalue weighted by molar-refractivity contribution is 5.93. The van der Waals surface area contributed by atoms with E-state index >= 15 is 0 Å². The van der Waals surface area contributed by atoms with E-state index in [1.807, 2.05) is 91.1 Å². The second-order valence-electron chi connectivity index (χ2n) is 11.0. The Labute approximate surface area is 235 Å². The molecule has 208 valence electrons. The number of aryl methyl sites for hydroxylation is 1. The fraction of sp³-hybridized carbons (Fsp3) is 0.303. The summed E-state index contributed by atoms with van der Waals surface area (Å²) in [6.45, 7) is 5.50. The maximum atomic E-state index is 13.7. The molecule has 0 aliphatic heterocycles. The second-order valence-corrected chi connectivity index (χ2v) is 11.0. The minimum atomic E-state index is -0.882. The average Bonchev–Trinajstić information content (AvgIpc) is 3.36. The molecular formula is C33H37N3O4. The Balaban J connectivity index is 1.53. The third-order valence-corrected chi connectivity index (χ3v) is 6.79. The first kappa shape index (κ1) is 28.6. The Morgan fingerprint density at radius 1 is 0.800 bits per heavy atom. The molecule has 7 heteroatoms. The van der Waals surface area contributed by atoms with Crippen LogP contribution in [0.25, 0.3) is 10.9 Å². The number of aromatic nitrogens is 1. The van der Waals surface area contributed by atoms with Gasteiger partial charge in [-0.1, -0.05) is 99.6 Å². The highest BCUT2D eigenvalue weighted by atomic mass is 16.5. The zero-order chi connectivity index (χ0) is 28.5. The lowest BCUT2D eigenvalue weighted by atomic mass is 9.94. The topological polar surface area (TPSA) is 100 Å². The number of benzene rings is 3. The van der Waals surface area contributed by atoms with Gasteiger partial charge in [0, 0.05) is 28.9 Å². The van der Waals surface area contributed by atoms with Gasteiger partial charge >= 0.3 is 5.97 Å². The van der Waals surface area contributed by atoms with Gasteiger partial charge in [0.25, 0.3) is 0 Å². The summed E-state index contributed by atoms with van der Waals surface area (Å²) >= 11 is 0. The molecule has 0 bridgehead atoms. The summed E-state index contributed by atoms with van der Waals surface area (Å²) < 4.78 is 5.61. The summed E-state index contributed by atoms with van der Waals surface area (Å²) in [5.41, 5.74) is 3.06. The fourth-order valence-corrected chi connectivity index (χ4v) is 4.41. The van der Waals surface area contributed by atoms with Crippen LogP contribution in [0.2, 0.25) is 0 Å². The van der Waals surface area contributed by atoms with Crippen molar-refractivity contribution in [1.82, 2.24) is 15.6 Å². The van der Waals surface area contributed by atoms with Crippen LogP contribution in [0, 0.1) is 5.41 Å². The van der Waals surface area contributed by atoms with Gasteiger partial charge in [0.15, 0.2) is 0 Å². The van der Waals surface area contributed by atoms with Gasteiger partial charge < -0.3 is 20.4 Å². The van der Waals surface area contributed by atoms with Gasteiger partial charge in [-0.2, -0.15) is 0 Å². The minimum absolute atomic E-state index is 0.108. The Kier molecular flexibility index (Phi) is 9.38. The molecule has 0 aliphatic carbocycles. The summed E-state index contributed by atoms with van der Waals surface area (Å²) in [7, 11) is 0. The third kappa shape index (κ3) is 7.82. The number of ether oxygens (including phenoxy) is 1. The van der Waals surface area contributed by atoms with Crippen LogP contribution in [0.5, 0.6) is 0 Å². The first-order valence-electron chi connectivity index (χ1n) is 13.6. The van der Waals surface area contributed by atoms with E-state index in [9.17, 15) is 14.4 Å². The van der Waals surface area contributed by atoms with Crippen molar-refractivity contribution in [3.8, 4) is 0 Å². The predicted molar refractivity (Wildman–Crippen MR) is 156 cm³/mol. The van der Waals surface area contributed by atoms with Crippen molar-refractivity contribution in [2.45, 2.75) is 58.7 Å². The molecule has 40 heavy (non-hydrogen) atoms. The molecule has 3 aromatic carbocycles.